The monoisotopic (exact) mass is 265 g/mol. The fourth-order valence-corrected chi connectivity index (χ4v) is 2.38. The topological polar surface area (TPSA) is 81.1 Å². The van der Waals surface area contributed by atoms with Crippen LogP contribution in [0.2, 0.25) is 0 Å². The van der Waals surface area contributed by atoms with E-state index >= 15 is 0 Å². The van der Waals surface area contributed by atoms with Crippen LogP contribution in [0.25, 0.3) is 0 Å². The number of carbonyl (C=O) groups is 1. The van der Waals surface area contributed by atoms with Crippen molar-refractivity contribution in [2.24, 2.45) is 0 Å². The molecule has 0 fully saturated rings. The summed E-state index contributed by atoms with van der Waals surface area (Å²) in [5.74, 6) is 0.823. The molecule has 0 saturated carbocycles. The van der Waals surface area contributed by atoms with Gasteiger partial charge in [-0.15, -0.1) is 0 Å². The van der Waals surface area contributed by atoms with Gasteiger partial charge in [0, 0.05) is 13.0 Å². The molecule has 1 amide bonds. The molecule has 0 aliphatic rings. The second-order valence-electron chi connectivity index (χ2n) is 3.91. The zero-order valence-electron chi connectivity index (χ0n) is 10.1. The number of carbonyl (C=O) groups excluding carboxylic acids is 1. The lowest BCUT2D eigenvalue weighted by atomic mass is 10.2. The third-order valence-electron chi connectivity index (χ3n) is 2.48. The van der Waals surface area contributed by atoms with Gasteiger partial charge in [-0.2, -0.15) is 0 Å². The van der Waals surface area contributed by atoms with Gasteiger partial charge in [0.2, 0.25) is 0 Å². The van der Waals surface area contributed by atoms with Crippen LogP contribution in [0.5, 0.6) is 0 Å². The zero-order valence-corrected chi connectivity index (χ0v) is 10.9. The molecule has 0 aliphatic carbocycles. The van der Waals surface area contributed by atoms with Crippen molar-refractivity contribution in [3.63, 3.8) is 0 Å². The van der Waals surface area contributed by atoms with E-state index < -0.39 is 0 Å². The molecule has 18 heavy (non-hydrogen) atoms. The molecule has 5 nitrogen and oxygen atoms in total. The Morgan fingerprint density at radius 1 is 1.61 bits per heavy atom. The second kappa shape index (κ2) is 5.68. The third kappa shape index (κ3) is 3.10. The van der Waals surface area contributed by atoms with Gasteiger partial charge in [0.25, 0.3) is 5.91 Å². The van der Waals surface area contributed by atoms with Crippen molar-refractivity contribution in [2.75, 3.05) is 12.3 Å². The first-order valence-corrected chi connectivity index (χ1v) is 6.52. The molecule has 0 bridgehead atoms. The van der Waals surface area contributed by atoms with Gasteiger partial charge in [0.15, 0.2) is 5.13 Å². The first-order valence-electron chi connectivity index (χ1n) is 5.70. The molecule has 3 N–H and O–H groups in total. The number of furan rings is 1. The van der Waals surface area contributed by atoms with E-state index in [1.165, 1.54) is 11.3 Å². The number of amides is 1. The Morgan fingerprint density at radius 2 is 2.44 bits per heavy atom. The maximum atomic E-state index is 11.8. The number of nitrogens with one attached hydrogen (secondary N) is 1. The van der Waals surface area contributed by atoms with Crippen LogP contribution in [0.4, 0.5) is 5.13 Å². The van der Waals surface area contributed by atoms with E-state index in [2.05, 4.69) is 10.3 Å². The second-order valence-corrected chi connectivity index (χ2v) is 4.94. The van der Waals surface area contributed by atoms with Crippen LogP contribution < -0.4 is 11.1 Å². The Morgan fingerprint density at radius 3 is 3.06 bits per heavy atom. The van der Waals surface area contributed by atoms with Crippen molar-refractivity contribution in [1.82, 2.24) is 10.3 Å². The van der Waals surface area contributed by atoms with E-state index in [0.29, 0.717) is 22.2 Å². The quantitative estimate of drug-likeness (QED) is 0.810. The van der Waals surface area contributed by atoms with Gasteiger partial charge in [-0.05, 0) is 25.5 Å². The summed E-state index contributed by atoms with van der Waals surface area (Å²) in [5, 5.41) is 3.27. The summed E-state index contributed by atoms with van der Waals surface area (Å²) >= 11 is 1.21. The minimum Gasteiger partial charge on any atom is -0.469 e. The third-order valence-corrected chi connectivity index (χ3v) is 3.47. The molecule has 0 atom stereocenters. The zero-order chi connectivity index (χ0) is 13.0. The standard InChI is InChI=1S/C12H15N3O2S/c1-8-10(18-12(13)15-8)11(16)14-6-2-4-9-5-3-7-17-9/h3,5,7H,2,4,6H2,1H3,(H2,13,15)(H,14,16). The number of aromatic nitrogens is 1. The number of hydrogen-bond donors (Lipinski definition) is 2. The number of rotatable bonds is 5. The average Bonchev–Trinajstić information content (AvgIpc) is 2.94. The highest BCUT2D eigenvalue weighted by Crippen LogP contribution is 2.19. The molecule has 2 rings (SSSR count). The smallest absolute Gasteiger partial charge is 0.263 e. The lowest BCUT2D eigenvalue weighted by molar-refractivity contribution is 0.0956. The van der Waals surface area contributed by atoms with Gasteiger partial charge in [0.1, 0.15) is 10.6 Å². The number of nitrogens with two attached hydrogens (primary N) is 1. The molecule has 2 aromatic rings. The summed E-state index contributed by atoms with van der Waals surface area (Å²) in [7, 11) is 0. The van der Waals surface area contributed by atoms with Crippen LogP contribution in [-0.4, -0.2) is 17.4 Å². The lowest BCUT2D eigenvalue weighted by Gasteiger charge is -2.02. The van der Waals surface area contributed by atoms with Crippen molar-refractivity contribution in [3.8, 4) is 0 Å². The SMILES string of the molecule is Cc1nc(N)sc1C(=O)NCCCc1ccco1. The minimum atomic E-state index is -0.110. The van der Waals surface area contributed by atoms with Gasteiger partial charge in [-0.3, -0.25) is 4.79 Å². The highest BCUT2D eigenvalue weighted by Gasteiger charge is 2.13. The van der Waals surface area contributed by atoms with Gasteiger partial charge in [0.05, 0.1) is 12.0 Å². The molecule has 0 saturated heterocycles. The molecular formula is C12H15N3O2S. The minimum absolute atomic E-state index is 0.110. The van der Waals surface area contributed by atoms with Crippen LogP contribution in [0, 0.1) is 6.92 Å². The molecule has 0 radical (unpaired) electrons. The maximum absolute atomic E-state index is 11.8. The molecule has 2 heterocycles. The predicted molar refractivity (Wildman–Crippen MR) is 70.6 cm³/mol. The van der Waals surface area contributed by atoms with E-state index in [0.717, 1.165) is 18.6 Å². The summed E-state index contributed by atoms with van der Waals surface area (Å²) in [6, 6.07) is 3.78. The highest BCUT2D eigenvalue weighted by molar-refractivity contribution is 7.17. The van der Waals surface area contributed by atoms with Crippen LogP contribution in [0.1, 0.15) is 27.5 Å². The maximum Gasteiger partial charge on any atom is 0.263 e. The number of hydrogen-bond acceptors (Lipinski definition) is 5. The first-order chi connectivity index (χ1) is 8.66. The lowest BCUT2D eigenvalue weighted by Crippen LogP contribution is -2.24. The number of thiazole rings is 1. The highest BCUT2D eigenvalue weighted by atomic mass is 32.1. The van der Waals surface area contributed by atoms with E-state index in [1.807, 2.05) is 12.1 Å². The van der Waals surface area contributed by atoms with E-state index in [-0.39, 0.29) is 5.91 Å². The van der Waals surface area contributed by atoms with Crippen molar-refractivity contribution in [3.05, 3.63) is 34.7 Å². The summed E-state index contributed by atoms with van der Waals surface area (Å²) in [6.45, 7) is 2.39. The van der Waals surface area contributed by atoms with Crippen molar-refractivity contribution in [2.45, 2.75) is 19.8 Å². The normalized spacial score (nSPS) is 10.5. The molecular weight excluding hydrogens is 250 g/mol. The molecule has 2 aromatic heterocycles. The fourth-order valence-electron chi connectivity index (χ4n) is 1.63. The van der Waals surface area contributed by atoms with E-state index in [4.69, 9.17) is 10.2 Å². The molecule has 6 heteroatoms. The average molecular weight is 265 g/mol. The van der Waals surface area contributed by atoms with Gasteiger partial charge >= 0.3 is 0 Å². The Kier molecular flexibility index (Phi) is 3.99. The van der Waals surface area contributed by atoms with Crippen LogP contribution in [0.15, 0.2) is 22.8 Å². The summed E-state index contributed by atoms with van der Waals surface area (Å²) in [4.78, 5) is 16.4. The van der Waals surface area contributed by atoms with Gasteiger partial charge < -0.3 is 15.5 Å². The number of nitrogen functional groups attached to an aromatic ring is 1. The predicted octanol–water partition coefficient (Wildman–Crippen LogP) is 1.99. The van der Waals surface area contributed by atoms with Crippen molar-refractivity contribution in [1.29, 1.82) is 0 Å². The Balaban J connectivity index is 1.77. The van der Waals surface area contributed by atoms with Crippen LogP contribution in [0.3, 0.4) is 0 Å². The molecule has 0 unspecified atom stereocenters. The van der Waals surface area contributed by atoms with Gasteiger partial charge in [-0.1, -0.05) is 11.3 Å². The largest absolute Gasteiger partial charge is 0.469 e. The van der Waals surface area contributed by atoms with Gasteiger partial charge in [-0.25, -0.2) is 4.98 Å². The summed E-state index contributed by atoms with van der Waals surface area (Å²) < 4.78 is 5.21. The fraction of sp³-hybridized carbons (Fsp3) is 0.333. The van der Waals surface area contributed by atoms with Crippen LogP contribution in [-0.2, 0) is 6.42 Å². The Hall–Kier alpha value is -1.82. The Bertz CT molecular complexity index is 519. The number of anilines is 1. The van der Waals surface area contributed by atoms with Crippen LogP contribution >= 0.6 is 11.3 Å². The van der Waals surface area contributed by atoms with Crippen molar-refractivity contribution >= 4 is 22.4 Å². The summed E-state index contributed by atoms with van der Waals surface area (Å²) in [6.07, 6.45) is 3.31. The van der Waals surface area contributed by atoms with E-state index in [9.17, 15) is 4.79 Å². The first kappa shape index (κ1) is 12.6. The Labute approximate surface area is 109 Å². The molecule has 0 spiro atoms. The molecule has 0 aliphatic heterocycles. The van der Waals surface area contributed by atoms with Crippen molar-refractivity contribution < 1.29 is 9.21 Å². The molecule has 0 aromatic carbocycles. The van der Waals surface area contributed by atoms with E-state index in [1.54, 1.807) is 13.2 Å². The number of aryl methyl sites for hydroxylation is 2. The summed E-state index contributed by atoms with van der Waals surface area (Å²) in [5.41, 5.74) is 6.23. The molecule has 96 valence electrons. The number of nitrogens with zero attached hydrogens (tertiary/aromatic N) is 1.